The molecular formula is C14H17N3O. The van der Waals surface area contributed by atoms with Crippen LogP contribution in [0, 0.1) is 0 Å². The molecule has 4 nitrogen and oxygen atoms in total. The van der Waals surface area contributed by atoms with Crippen LogP contribution in [-0.4, -0.2) is 22.4 Å². The summed E-state index contributed by atoms with van der Waals surface area (Å²) in [6.45, 7) is 1.72. The van der Waals surface area contributed by atoms with E-state index in [2.05, 4.69) is 10.4 Å². The van der Waals surface area contributed by atoms with Gasteiger partial charge in [0.15, 0.2) is 0 Å². The van der Waals surface area contributed by atoms with E-state index in [0.29, 0.717) is 12.6 Å². The van der Waals surface area contributed by atoms with E-state index in [1.807, 2.05) is 24.3 Å². The van der Waals surface area contributed by atoms with Gasteiger partial charge in [0, 0.05) is 11.4 Å². The molecule has 1 aromatic carbocycles. The van der Waals surface area contributed by atoms with Crippen LogP contribution >= 0.6 is 0 Å². The lowest BCUT2D eigenvalue weighted by atomic mass is 10.1. The number of hydrogen-bond acceptors (Lipinski definition) is 3. The molecule has 0 unspecified atom stereocenters. The van der Waals surface area contributed by atoms with Crippen LogP contribution < -0.4 is 10.9 Å². The predicted octanol–water partition coefficient (Wildman–Crippen LogP) is 1.54. The lowest BCUT2D eigenvalue weighted by Gasteiger charge is -2.23. The van der Waals surface area contributed by atoms with Gasteiger partial charge in [-0.05, 0) is 25.5 Å². The highest BCUT2D eigenvalue weighted by molar-refractivity contribution is 5.80. The van der Waals surface area contributed by atoms with Crippen molar-refractivity contribution in [2.75, 3.05) is 6.54 Å². The number of piperidine rings is 1. The van der Waals surface area contributed by atoms with Gasteiger partial charge in [0.25, 0.3) is 5.56 Å². The molecule has 0 saturated carbocycles. The van der Waals surface area contributed by atoms with Gasteiger partial charge in [-0.15, -0.1) is 0 Å². The predicted molar refractivity (Wildman–Crippen MR) is 71.6 cm³/mol. The topological polar surface area (TPSA) is 46.9 Å². The number of fused-ring (bicyclic) bond motifs is 1. The van der Waals surface area contributed by atoms with Crippen LogP contribution in [0.25, 0.3) is 10.8 Å². The molecular weight excluding hydrogens is 226 g/mol. The summed E-state index contributed by atoms with van der Waals surface area (Å²) in [5, 5.41) is 9.37. The molecule has 94 valence electrons. The Bertz CT molecular complexity index is 599. The molecule has 2 aromatic rings. The second-order valence-corrected chi connectivity index (χ2v) is 4.87. The highest BCUT2D eigenvalue weighted by Gasteiger charge is 2.14. The maximum atomic E-state index is 12.3. The third kappa shape index (κ3) is 2.16. The lowest BCUT2D eigenvalue weighted by molar-refractivity contribution is 0.346. The van der Waals surface area contributed by atoms with Crippen LogP contribution in [0.1, 0.15) is 19.3 Å². The molecule has 3 rings (SSSR count). The zero-order valence-corrected chi connectivity index (χ0v) is 10.3. The minimum atomic E-state index is 0.0143. The molecule has 1 N–H and O–H groups in total. The van der Waals surface area contributed by atoms with E-state index >= 15 is 0 Å². The van der Waals surface area contributed by atoms with Gasteiger partial charge < -0.3 is 5.32 Å². The quantitative estimate of drug-likeness (QED) is 0.870. The van der Waals surface area contributed by atoms with Crippen LogP contribution in [0.5, 0.6) is 0 Å². The van der Waals surface area contributed by atoms with Gasteiger partial charge in [-0.25, -0.2) is 4.68 Å². The van der Waals surface area contributed by atoms with E-state index < -0.39 is 0 Å². The van der Waals surface area contributed by atoms with Gasteiger partial charge in [0.1, 0.15) is 0 Å². The average Bonchev–Trinajstić information content (AvgIpc) is 2.43. The van der Waals surface area contributed by atoms with Gasteiger partial charge in [-0.1, -0.05) is 24.6 Å². The summed E-state index contributed by atoms with van der Waals surface area (Å²) in [6.07, 6.45) is 5.37. The fourth-order valence-corrected chi connectivity index (χ4v) is 2.55. The fourth-order valence-electron chi connectivity index (χ4n) is 2.55. The Labute approximate surface area is 106 Å². The van der Waals surface area contributed by atoms with Gasteiger partial charge in [0.05, 0.1) is 18.1 Å². The third-order valence-electron chi connectivity index (χ3n) is 3.57. The second-order valence-electron chi connectivity index (χ2n) is 4.87. The van der Waals surface area contributed by atoms with Crippen molar-refractivity contribution in [3.05, 3.63) is 40.8 Å². The molecule has 0 amide bonds. The zero-order valence-electron chi connectivity index (χ0n) is 10.3. The van der Waals surface area contributed by atoms with Crippen molar-refractivity contribution in [2.45, 2.75) is 31.8 Å². The molecule has 1 atom stereocenters. The molecule has 0 bridgehead atoms. The maximum absolute atomic E-state index is 12.3. The van der Waals surface area contributed by atoms with Crippen LogP contribution in [0.15, 0.2) is 35.3 Å². The summed E-state index contributed by atoms with van der Waals surface area (Å²) in [4.78, 5) is 12.3. The van der Waals surface area contributed by atoms with E-state index in [1.165, 1.54) is 12.8 Å². The van der Waals surface area contributed by atoms with Gasteiger partial charge >= 0.3 is 0 Å². The first-order valence-electron chi connectivity index (χ1n) is 6.53. The van der Waals surface area contributed by atoms with Crippen LogP contribution in [0.4, 0.5) is 0 Å². The minimum Gasteiger partial charge on any atom is -0.312 e. The first-order valence-corrected chi connectivity index (χ1v) is 6.53. The number of hydrogen-bond donors (Lipinski definition) is 1. The first kappa shape index (κ1) is 11.4. The molecule has 1 aliphatic rings. The summed E-state index contributed by atoms with van der Waals surface area (Å²) in [5.74, 6) is 0. The van der Waals surface area contributed by atoms with Crippen LogP contribution in [-0.2, 0) is 6.54 Å². The molecule has 1 saturated heterocycles. The number of aromatic nitrogens is 2. The van der Waals surface area contributed by atoms with Crippen LogP contribution in [0.3, 0.4) is 0 Å². The van der Waals surface area contributed by atoms with E-state index in [0.717, 1.165) is 23.7 Å². The van der Waals surface area contributed by atoms with Gasteiger partial charge in [-0.3, -0.25) is 4.79 Å². The molecule has 18 heavy (non-hydrogen) atoms. The normalized spacial score (nSPS) is 20.1. The zero-order chi connectivity index (χ0) is 12.4. The average molecular weight is 243 g/mol. The second kappa shape index (κ2) is 4.90. The van der Waals surface area contributed by atoms with Crippen molar-refractivity contribution in [3.8, 4) is 0 Å². The summed E-state index contributed by atoms with van der Waals surface area (Å²) >= 11 is 0. The molecule has 0 radical (unpaired) electrons. The monoisotopic (exact) mass is 243 g/mol. The highest BCUT2D eigenvalue weighted by atomic mass is 16.1. The summed E-state index contributed by atoms with van der Waals surface area (Å²) < 4.78 is 1.59. The van der Waals surface area contributed by atoms with Gasteiger partial charge in [-0.2, -0.15) is 5.10 Å². The standard InChI is InChI=1S/C14H17N3O/c18-14-13-7-2-1-5-11(13)9-16-17(14)10-12-6-3-4-8-15-12/h1-2,5,7,9,12,15H,3-4,6,8,10H2/t12-/m0/s1. The van der Waals surface area contributed by atoms with E-state index in [1.54, 1.807) is 10.9 Å². The summed E-state index contributed by atoms with van der Waals surface area (Å²) in [6, 6.07) is 7.99. The molecule has 2 heterocycles. The van der Waals surface area contributed by atoms with Crippen molar-refractivity contribution in [1.82, 2.24) is 15.1 Å². The van der Waals surface area contributed by atoms with Crippen molar-refractivity contribution < 1.29 is 0 Å². The van der Waals surface area contributed by atoms with E-state index in [9.17, 15) is 4.79 Å². The Morgan fingerprint density at radius 2 is 2.22 bits per heavy atom. The molecule has 0 aliphatic carbocycles. The van der Waals surface area contributed by atoms with Crippen molar-refractivity contribution in [3.63, 3.8) is 0 Å². The van der Waals surface area contributed by atoms with E-state index in [-0.39, 0.29) is 5.56 Å². The Balaban J connectivity index is 1.92. The lowest BCUT2D eigenvalue weighted by Crippen LogP contribution is -2.40. The SMILES string of the molecule is O=c1c2ccccc2cnn1C[C@@H]1CCCCN1. The van der Waals surface area contributed by atoms with Crippen molar-refractivity contribution >= 4 is 10.8 Å². The first-order chi connectivity index (χ1) is 8.84. The molecule has 1 aliphatic heterocycles. The maximum Gasteiger partial charge on any atom is 0.274 e. The summed E-state index contributed by atoms with van der Waals surface area (Å²) in [7, 11) is 0. The van der Waals surface area contributed by atoms with Crippen LogP contribution in [0.2, 0.25) is 0 Å². The largest absolute Gasteiger partial charge is 0.312 e. The molecule has 1 fully saturated rings. The van der Waals surface area contributed by atoms with E-state index in [4.69, 9.17) is 0 Å². The minimum absolute atomic E-state index is 0.0143. The Morgan fingerprint density at radius 3 is 3.06 bits per heavy atom. The molecule has 1 aromatic heterocycles. The Hall–Kier alpha value is -1.68. The third-order valence-corrected chi connectivity index (χ3v) is 3.57. The fraction of sp³-hybridized carbons (Fsp3) is 0.429. The smallest absolute Gasteiger partial charge is 0.274 e. The summed E-state index contributed by atoms with van der Waals surface area (Å²) in [5.41, 5.74) is 0.0143. The van der Waals surface area contributed by atoms with Gasteiger partial charge in [0.2, 0.25) is 0 Å². The van der Waals surface area contributed by atoms with Crippen molar-refractivity contribution in [2.24, 2.45) is 0 Å². The number of rotatable bonds is 2. The molecule has 0 spiro atoms. The highest BCUT2D eigenvalue weighted by Crippen LogP contribution is 2.10. The number of nitrogens with one attached hydrogen (secondary N) is 1. The number of benzene rings is 1. The Morgan fingerprint density at radius 1 is 1.33 bits per heavy atom. The number of nitrogens with zero attached hydrogens (tertiary/aromatic N) is 2. The molecule has 4 heteroatoms. The Kier molecular flexibility index (Phi) is 3.11. The van der Waals surface area contributed by atoms with Crippen molar-refractivity contribution in [1.29, 1.82) is 0 Å².